The Kier molecular flexibility index (Phi) is 21.5. The van der Waals surface area contributed by atoms with Gasteiger partial charge in [-0.1, -0.05) is 25.7 Å². The van der Waals surface area contributed by atoms with Crippen molar-refractivity contribution in [3.05, 3.63) is 0 Å². The molecular weight excluding hydrogens is 406 g/mol. The van der Waals surface area contributed by atoms with E-state index in [4.69, 9.17) is 27.2 Å². The fourth-order valence-electron chi connectivity index (χ4n) is 3.02. The number of unbranched alkanes of at least 4 members (excludes halogenated alkanes) is 4. The Hall–Kier alpha value is 0.154. The van der Waals surface area contributed by atoms with Gasteiger partial charge in [0, 0.05) is 54.7 Å². The molecule has 0 bridgehead atoms. The minimum Gasteiger partial charge on any atom is -0.400 e. The Balaban J connectivity index is 3.44. The predicted octanol–water partition coefficient (Wildman–Crippen LogP) is 2.75. The van der Waals surface area contributed by atoms with Crippen molar-refractivity contribution in [1.29, 1.82) is 0 Å². The number of hydrogen-bond acceptors (Lipinski definition) is 7. The molecule has 1 N–H and O–H groups in total. The van der Waals surface area contributed by atoms with Gasteiger partial charge in [-0.2, -0.15) is 0 Å². The highest BCUT2D eigenvalue weighted by Crippen LogP contribution is 2.07. The SMILES string of the molecule is CO[SiH](CCCCCOC(C)CNCC(C)OCCCCC[SiH](OC)OC)OC. The van der Waals surface area contributed by atoms with Crippen molar-refractivity contribution in [2.24, 2.45) is 0 Å². The Morgan fingerprint density at radius 3 is 1.31 bits per heavy atom. The van der Waals surface area contributed by atoms with E-state index in [2.05, 4.69) is 19.2 Å². The van der Waals surface area contributed by atoms with Crippen LogP contribution in [0.4, 0.5) is 0 Å². The minimum absolute atomic E-state index is 0.223. The van der Waals surface area contributed by atoms with Crippen molar-refractivity contribution in [2.75, 3.05) is 54.7 Å². The molecule has 0 aliphatic carbocycles. The molecule has 0 saturated carbocycles. The van der Waals surface area contributed by atoms with Crippen LogP contribution < -0.4 is 5.32 Å². The third kappa shape index (κ3) is 18.6. The number of rotatable bonds is 22. The van der Waals surface area contributed by atoms with E-state index in [-0.39, 0.29) is 12.2 Å². The van der Waals surface area contributed by atoms with E-state index in [1.54, 1.807) is 28.4 Å². The van der Waals surface area contributed by atoms with Crippen LogP contribution in [0.1, 0.15) is 52.4 Å². The zero-order valence-corrected chi connectivity index (χ0v) is 22.1. The first-order valence-electron chi connectivity index (χ1n) is 11.1. The lowest BCUT2D eigenvalue weighted by atomic mass is 10.2. The Morgan fingerprint density at radius 2 is 0.966 bits per heavy atom. The van der Waals surface area contributed by atoms with Crippen LogP contribution in [-0.2, 0) is 27.2 Å². The highest BCUT2D eigenvalue weighted by Gasteiger charge is 2.10. The highest BCUT2D eigenvalue weighted by atomic mass is 28.3. The van der Waals surface area contributed by atoms with E-state index in [0.717, 1.165) is 64.1 Å². The average molecular weight is 454 g/mol. The van der Waals surface area contributed by atoms with E-state index in [9.17, 15) is 0 Å². The quantitative estimate of drug-likeness (QED) is 0.200. The van der Waals surface area contributed by atoms with Crippen molar-refractivity contribution >= 4 is 18.6 Å². The minimum atomic E-state index is -1.38. The number of nitrogens with one attached hydrogen (secondary N) is 1. The Bertz CT molecular complexity index is 306. The van der Waals surface area contributed by atoms with Crippen LogP contribution in [0.2, 0.25) is 12.1 Å². The molecule has 7 nitrogen and oxygen atoms in total. The largest absolute Gasteiger partial charge is 0.400 e. The van der Waals surface area contributed by atoms with Crippen molar-refractivity contribution < 1.29 is 27.2 Å². The summed E-state index contributed by atoms with van der Waals surface area (Å²) in [6.45, 7) is 7.59. The molecule has 29 heavy (non-hydrogen) atoms. The average Bonchev–Trinajstić information content (AvgIpc) is 2.73. The van der Waals surface area contributed by atoms with E-state index < -0.39 is 18.6 Å². The lowest BCUT2D eigenvalue weighted by Gasteiger charge is -2.17. The molecule has 176 valence electrons. The molecular formula is C20H47NO6Si2. The molecule has 0 aromatic heterocycles. The van der Waals surface area contributed by atoms with E-state index in [1.165, 1.54) is 12.8 Å². The van der Waals surface area contributed by atoms with E-state index in [0.29, 0.717) is 0 Å². The van der Waals surface area contributed by atoms with Crippen LogP contribution in [0.15, 0.2) is 0 Å². The van der Waals surface area contributed by atoms with E-state index in [1.807, 2.05) is 0 Å². The summed E-state index contributed by atoms with van der Waals surface area (Å²) in [4.78, 5) is 0. The van der Waals surface area contributed by atoms with Gasteiger partial charge >= 0.3 is 18.6 Å². The first-order chi connectivity index (χ1) is 14.1. The van der Waals surface area contributed by atoms with Gasteiger partial charge in [-0.15, -0.1) is 0 Å². The summed E-state index contributed by atoms with van der Waals surface area (Å²) >= 11 is 0. The summed E-state index contributed by atoms with van der Waals surface area (Å²) < 4.78 is 33.1. The maximum absolute atomic E-state index is 5.88. The second-order valence-electron chi connectivity index (χ2n) is 7.52. The molecule has 0 spiro atoms. The summed E-state index contributed by atoms with van der Waals surface area (Å²) in [5, 5.41) is 3.44. The van der Waals surface area contributed by atoms with Crippen molar-refractivity contribution in [2.45, 2.75) is 76.7 Å². The summed E-state index contributed by atoms with van der Waals surface area (Å²) in [5.41, 5.74) is 0. The van der Waals surface area contributed by atoms with Gasteiger partial charge < -0.3 is 32.5 Å². The predicted molar refractivity (Wildman–Crippen MR) is 123 cm³/mol. The molecule has 0 fully saturated rings. The Labute approximate surface area is 182 Å². The monoisotopic (exact) mass is 453 g/mol. The summed E-state index contributed by atoms with van der Waals surface area (Å²) in [6.07, 6.45) is 7.28. The lowest BCUT2D eigenvalue weighted by Crippen LogP contribution is -2.33. The maximum atomic E-state index is 5.88. The van der Waals surface area contributed by atoms with Crippen molar-refractivity contribution in [3.63, 3.8) is 0 Å². The summed E-state index contributed by atoms with van der Waals surface area (Å²) in [7, 11) is 4.21. The molecule has 0 rings (SSSR count). The van der Waals surface area contributed by atoms with Gasteiger partial charge in [-0.3, -0.25) is 0 Å². The molecule has 9 heteroatoms. The van der Waals surface area contributed by atoms with Crippen LogP contribution in [0.25, 0.3) is 0 Å². The van der Waals surface area contributed by atoms with E-state index >= 15 is 0 Å². The van der Waals surface area contributed by atoms with Gasteiger partial charge in [-0.25, -0.2) is 0 Å². The molecule has 0 heterocycles. The smallest absolute Gasteiger partial charge is 0.320 e. The van der Waals surface area contributed by atoms with Gasteiger partial charge in [0.25, 0.3) is 0 Å². The second kappa shape index (κ2) is 21.4. The van der Waals surface area contributed by atoms with Crippen molar-refractivity contribution in [1.82, 2.24) is 5.32 Å². The van der Waals surface area contributed by atoms with Crippen LogP contribution in [0, 0.1) is 0 Å². The van der Waals surface area contributed by atoms with Crippen LogP contribution in [-0.4, -0.2) is 85.5 Å². The summed E-state index contributed by atoms with van der Waals surface area (Å²) in [5.74, 6) is 0. The summed E-state index contributed by atoms with van der Waals surface area (Å²) in [6, 6.07) is 2.15. The van der Waals surface area contributed by atoms with Crippen LogP contribution >= 0.6 is 0 Å². The fraction of sp³-hybridized carbons (Fsp3) is 1.00. The highest BCUT2D eigenvalue weighted by molar-refractivity contribution is 6.44. The lowest BCUT2D eigenvalue weighted by molar-refractivity contribution is 0.0465. The normalized spacial score (nSPS) is 14.1. The van der Waals surface area contributed by atoms with Crippen LogP contribution in [0.3, 0.4) is 0 Å². The molecule has 0 aliphatic heterocycles. The van der Waals surface area contributed by atoms with Gasteiger partial charge in [0.05, 0.1) is 12.2 Å². The first-order valence-corrected chi connectivity index (χ1v) is 14.6. The topological polar surface area (TPSA) is 67.4 Å². The molecule has 0 aromatic carbocycles. The van der Waals surface area contributed by atoms with Gasteiger partial charge in [0.1, 0.15) is 0 Å². The second-order valence-corrected chi connectivity index (χ2v) is 12.3. The zero-order chi connectivity index (χ0) is 21.7. The van der Waals surface area contributed by atoms with Gasteiger partial charge in [0.15, 0.2) is 0 Å². The third-order valence-electron chi connectivity index (χ3n) is 4.89. The number of hydrogen-bond donors (Lipinski definition) is 1. The zero-order valence-electron chi connectivity index (χ0n) is 19.7. The maximum Gasteiger partial charge on any atom is 0.320 e. The van der Waals surface area contributed by atoms with Gasteiger partial charge in [0.2, 0.25) is 0 Å². The fourth-order valence-corrected chi connectivity index (χ4v) is 5.59. The van der Waals surface area contributed by atoms with Gasteiger partial charge in [-0.05, 0) is 38.8 Å². The molecule has 0 saturated heterocycles. The standard InChI is InChI=1S/C20H47NO6Si2/c1-19(26-13-9-7-11-15-28(22-3)23-4)17-21-18-20(2)27-14-10-8-12-16-29(24-5)25-6/h19-21,28-29H,7-18H2,1-6H3. The Morgan fingerprint density at radius 1 is 0.586 bits per heavy atom. The molecule has 0 radical (unpaired) electrons. The molecule has 0 amide bonds. The third-order valence-corrected chi connectivity index (χ3v) is 8.75. The molecule has 0 aliphatic rings. The molecule has 2 unspecified atom stereocenters. The first kappa shape index (κ1) is 29.2. The van der Waals surface area contributed by atoms with Crippen molar-refractivity contribution in [3.8, 4) is 0 Å². The number of ether oxygens (including phenoxy) is 2. The van der Waals surface area contributed by atoms with Crippen LogP contribution in [0.5, 0.6) is 0 Å². The molecule has 0 aromatic rings. The molecule has 2 atom stereocenters.